The predicted octanol–water partition coefficient (Wildman–Crippen LogP) is 2.47. The molecule has 0 radical (unpaired) electrons. The van der Waals surface area contributed by atoms with Crippen molar-refractivity contribution in [3.05, 3.63) is 18.0 Å². The summed E-state index contributed by atoms with van der Waals surface area (Å²) in [5.41, 5.74) is 0.790. The van der Waals surface area contributed by atoms with Crippen molar-refractivity contribution in [1.82, 2.24) is 15.0 Å². The average Bonchev–Trinajstić information content (AvgIpc) is 2.83. The van der Waals surface area contributed by atoms with Crippen molar-refractivity contribution in [2.24, 2.45) is 11.3 Å². The van der Waals surface area contributed by atoms with Crippen LogP contribution in [0.15, 0.2) is 17.2 Å². The summed E-state index contributed by atoms with van der Waals surface area (Å²) in [6.45, 7) is 13.5. The van der Waals surface area contributed by atoms with E-state index in [1.165, 1.54) is 0 Å². The maximum absolute atomic E-state index is 12.3. The minimum Gasteiger partial charge on any atom is -0.363 e. The van der Waals surface area contributed by atoms with Crippen LogP contribution in [-0.4, -0.2) is 26.0 Å². The first-order valence-electron chi connectivity index (χ1n) is 7.45. The molecular weight excluding hydrogens is 286 g/mol. The molecule has 5 nitrogen and oxygen atoms in total. The Kier molecular flexibility index (Phi) is 6.01. The lowest BCUT2D eigenvalue weighted by atomic mass is 9.81. The lowest BCUT2D eigenvalue weighted by Gasteiger charge is -2.29. The minimum atomic E-state index is -3.45. The van der Waals surface area contributed by atoms with Gasteiger partial charge in [-0.25, -0.2) is 13.1 Å². The Hall–Kier alpha value is -0.850. The molecule has 1 aromatic rings. The van der Waals surface area contributed by atoms with Crippen LogP contribution in [0.3, 0.4) is 0 Å². The molecule has 3 N–H and O–H groups in total. The molecule has 0 amide bonds. The molecule has 0 saturated carbocycles. The van der Waals surface area contributed by atoms with E-state index in [9.17, 15) is 8.42 Å². The third kappa shape index (κ3) is 5.45. The highest BCUT2D eigenvalue weighted by molar-refractivity contribution is 7.89. The number of aromatic nitrogens is 1. The van der Waals surface area contributed by atoms with Gasteiger partial charge in [-0.2, -0.15) is 0 Å². The Morgan fingerprint density at radius 3 is 2.38 bits per heavy atom. The van der Waals surface area contributed by atoms with Crippen LogP contribution in [0.4, 0.5) is 0 Å². The molecular formula is C15H29N3O2S. The van der Waals surface area contributed by atoms with Crippen LogP contribution in [0, 0.1) is 11.3 Å². The van der Waals surface area contributed by atoms with Crippen LogP contribution in [0.2, 0.25) is 0 Å². The van der Waals surface area contributed by atoms with Gasteiger partial charge >= 0.3 is 0 Å². The number of sulfonamides is 1. The van der Waals surface area contributed by atoms with Crippen molar-refractivity contribution >= 4 is 10.0 Å². The molecule has 0 bridgehead atoms. The minimum absolute atomic E-state index is 0.0780. The second-order valence-electron chi connectivity index (χ2n) is 6.86. The summed E-state index contributed by atoms with van der Waals surface area (Å²) in [4.78, 5) is 3.30. The molecule has 0 aliphatic rings. The highest BCUT2D eigenvalue weighted by Gasteiger charge is 2.25. The zero-order chi connectivity index (χ0) is 16.3. The molecule has 0 saturated heterocycles. The highest BCUT2D eigenvalue weighted by Crippen LogP contribution is 2.25. The Morgan fingerprint density at radius 2 is 1.86 bits per heavy atom. The molecule has 0 aromatic carbocycles. The smallest absolute Gasteiger partial charge is 0.242 e. The largest absolute Gasteiger partial charge is 0.363 e. The van der Waals surface area contributed by atoms with Crippen molar-refractivity contribution in [3.8, 4) is 0 Å². The van der Waals surface area contributed by atoms with Crippen molar-refractivity contribution in [2.75, 3.05) is 6.54 Å². The third-order valence-corrected chi connectivity index (χ3v) is 5.39. The number of hydrogen-bond acceptors (Lipinski definition) is 3. The first-order chi connectivity index (χ1) is 9.54. The van der Waals surface area contributed by atoms with Crippen LogP contribution in [0.25, 0.3) is 0 Å². The van der Waals surface area contributed by atoms with E-state index in [1.807, 2.05) is 0 Å². The van der Waals surface area contributed by atoms with Gasteiger partial charge in [0.15, 0.2) is 0 Å². The normalized spacial score (nSPS) is 13.3. The van der Waals surface area contributed by atoms with Crippen LogP contribution >= 0.6 is 0 Å². The molecule has 122 valence electrons. The van der Waals surface area contributed by atoms with Crippen molar-refractivity contribution in [3.63, 3.8) is 0 Å². The Labute approximate surface area is 129 Å². The van der Waals surface area contributed by atoms with Crippen LogP contribution in [-0.2, 0) is 16.6 Å². The average molecular weight is 315 g/mol. The van der Waals surface area contributed by atoms with E-state index in [0.29, 0.717) is 29.9 Å². The van der Waals surface area contributed by atoms with E-state index in [1.54, 1.807) is 12.3 Å². The van der Waals surface area contributed by atoms with Gasteiger partial charge in [0.05, 0.1) is 4.90 Å². The fourth-order valence-corrected chi connectivity index (χ4v) is 2.80. The fourth-order valence-electron chi connectivity index (χ4n) is 1.56. The molecule has 1 aromatic heterocycles. The number of nitrogens with one attached hydrogen (secondary N) is 3. The van der Waals surface area contributed by atoms with Gasteiger partial charge in [-0.05, 0) is 17.4 Å². The molecule has 0 fully saturated rings. The maximum Gasteiger partial charge on any atom is 0.242 e. The van der Waals surface area contributed by atoms with Gasteiger partial charge in [0, 0.05) is 31.0 Å². The summed E-state index contributed by atoms with van der Waals surface area (Å²) < 4.78 is 27.3. The summed E-state index contributed by atoms with van der Waals surface area (Å²) in [5, 5.41) is 3.25. The van der Waals surface area contributed by atoms with Gasteiger partial charge < -0.3 is 10.3 Å². The van der Waals surface area contributed by atoms with E-state index >= 15 is 0 Å². The van der Waals surface area contributed by atoms with Gasteiger partial charge in [0.1, 0.15) is 0 Å². The maximum atomic E-state index is 12.3. The zero-order valence-corrected chi connectivity index (χ0v) is 14.8. The van der Waals surface area contributed by atoms with E-state index in [0.717, 1.165) is 5.69 Å². The molecule has 1 rings (SSSR count). The summed E-state index contributed by atoms with van der Waals surface area (Å²) in [5.74, 6) is 0.400. The number of aromatic amines is 1. The molecule has 1 heterocycles. The van der Waals surface area contributed by atoms with Crippen molar-refractivity contribution in [2.45, 2.75) is 59.0 Å². The van der Waals surface area contributed by atoms with E-state index in [2.05, 4.69) is 56.6 Å². The topological polar surface area (TPSA) is 74.0 Å². The Balaban J connectivity index is 2.71. The lowest BCUT2D eigenvalue weighted by Crippen LogP contribution is -2.36. The first-order valence-corrected chi connectivity index (χ1v) is 8.93. The number of H-pyrrole nitrogens is 1. The standard InChI is InChI=1S/C15H29N3O2S/c1-11(2)15(5,6)10-18-21(19,20)14-7-13(17-9-14)8-16-12(3)4/h7,9,11-12,16-18H,8,10H2,1-6H3. The monoisotopic (exact) mass is 315 g/mol. The van der Waals surface area contributed by atoms with Crippen molar-refractivity contribution in [1.29, 1.82) is 0 Å². The van der Waals surface area contributed by atoms with Gasteiger partial charge in [-0.15, -0.1) is 0 Å². The summed E-state index contributed by atoms with van der Waals surface area (Å²) >= 11 is 0. The first kappa shape index (κ1) is 18.2. The van der Waals surface area contributed by atoms with Crippen molar-refractivity contribution < 1.29 is 8.42 Å². The third-order valence-electron chi connectivity index (χ3n) is 4.01. The number of rotatable bonds is 8. The molecule has 0 spiro atoms. The molecule has 0 atom stereocenters. The molecule has 6 heteroatoms. The SMILES string of the molecule is CC(C)NCc1cc(S(=O)(=O)NCC(C)(C)C(C)C)c[nH]1. The van der Waals surface area contributed by atoms with Gasteiger partial charge in [-0.1, -0.05) is 41.5 Å². The summed E-state index contributed by atoms with van der Waals surface area (Å²) in [7, 11) is -3.45. The van der Waals surface area contributed by atoms with Crippen LogP contribution in [0.5, 0.6) is 0 Å². The second kappa shape index (κ2) is 6.94. The molecule has 21 heavy (non-hydrogen) atoms. The highest BCUT2D eigenvalue weighted by atomic mass is 32.2. The lowest BCUT2D eigenvalue weighted by molar-refractivity contribution is 0.252. The van der Waals surface area contributed by atoms with E-state index in [4.69, 9.17) is 0 Å². The van der Waals surface area contributed by atoms with E-state index < -0.39 is 10.0 Å². The van der Waals surface area contributed by atoms with Crippen LogP contribution < -0.4 is 10.0 Å². The molecule has 0 unspecified atom stereocenters. The number of hydrogen-bond donors (Lipinski definition) is 3. The van der Waals surface area contributed by atoms with E-state index in [-0.39, 0.29) is 5.41 Å². The Bertz CT molecular complexity index is 545. The molecule has 0 aliphatic heterocycles. The quantitative estimate of drug-likeness (QED) is 0.690. The second-order valence-corrected chi connectivity index (χ2v) is 8.63. The fraction of sp³-hybridized carbons (Fsp3) is 0.733. The van der Waals surface area contributed by atoms with Gasteiger partial charge in [0.2, 0.25) is 10.0 Å². The summed E-state index contributed by atoms with van der Waals surface area (Å²) in [6.07, 6.45) is 1.54. The van der Waals surface area contributed by atoms with Crippen LogP contribution in [0.1, 0.15) is 47.2 Å². The van der Waals surface area contributed by atoms with Gasteiger partial charge in [-0.3, -0.25) is 0 Å². The molecule has 0 aliphatic carbocycles. The Morgan fingerprint density at radius 1 is 1.24 bits per heavy atom. The zero-order valence-electron chi connectivity index (χ0n) is 13.9. The van der Waals surface area contributed by atoms with Gasteiger partial charge in [0.25, 0.3) is 0 Å². The summed E-state index contributed by atoms with van der Waals surface area (Å²) in [6, 6.07) is 2.04. The predicted molar refractivity (Wildman–Crippen MR) is 86.6 cm³/mol.